The highest BCUT2D eigenvalue weighted by molar-refractivity contribution is 7.16. The Hall–Kier alpha value is -1.40. The van der Waals surface area contributed by atoms with Crippen molar-refractivity contribution in [2.75, 3.05) is 25.0 Å². The summed E-state index contributed by atoms with van der Waals surface area (Å²) in [6.45, 7) is 7.81. The van der Waals surface area contributed by atoms with Gasteiger partial charge in [-0.1, -0.05) is 13.8 Å². The molecular weight excluding hydrogens is 288 g/mol. The Bertz CT molecular complexity index is 523. The number of carbonyl (C=O) groups excluding carboxylic acids is 2. The van der Waals surface area contributed by atoms with Gasteiger partial charge in [0.15, 0.2) is 0 Å². The maximum absolute atomic E-state index is 12.3. The molecule has 0 aliphatic carbocycles. The molecule has 1 aliphatic heterocycles. The first-order valence-electron chi connectivity index (χ1n) is 7.38. The molecule has 1 aromatic rings. The smallest absolute Gasteiger partial charge is 0.341 e. The van der Waals surface area contributed by atoms with Crippen LogP contribution in [-0.2, 0) is 16.0 Å². The Kier molecular flexibility index (Phi) is 5.36. The quantitative estimate of drug-likeness (QED) is 0.791. The number of aryl methyl sites for hydroxylation is 1. The highest BCUT2D eigenvalue weighted by atomic mass is 32.1. The van der Waals surface area contributed by atoms with Crippen LogP contribution >= 0.6 is 11.3 Å². The van der Waals surface area contributed by atoms with Gasteiger partial charge in [-0.3, -0.25) is 4.79 Å². The van der Waals surface area contributed by atoms with Crippen LogP contribution in [0.5, 0.6) is 0 Å². The molecule has 1 atom stereocenters. The summed E-state index contributed by atoms with van der Waals surface area (Å²) in [5.41, 5.74) is 0.464. The molecule has 0 saturated carbocycles. The third-order valence-electron chi connectivity index (χ3n) is 3.80. The maximum atomic E-state index is 12.3. The molecule has 0 spiro atoms. The van der Waals surface area contributed by atoms with E-state index in [0.717, 1.165) is 24.4 Å². The van der Waals surface area contributed by atoms with E-state index >= 15 is 0 Å². The molecule has 1 aromatic heterocycles. The van der Waals surface area contributed by atoms with Gasteiger partial charge in [0.1, 0.15) is 5.00 Å². The minimum atomic E-state index is -0.373. The highest BCUT2D eigenvalue weighted by Crippen LogP contribution is 2.30. The third-order valence-corrected chi connectivity index (χ3v) is 4.99. The van der Waals surface area contributed by atoms with E-state index in [-0.39, 0.29) is 17.8 Å². The summed E-state index contributed by atoms with van der Waals surface area (Å²) in [7, 11) is 0. The van der Waals surface area contributed by atoms with Gasteiger partial charge >= 0.3 is 5.97 Å². The number of hydrogen-bond acceptors (Lipinski definition) is 5. The van der Waals surface area contributed by atoms with Gasteiger partial charge in [0, 0.05) is 10.8 Å². The Labute approximate surface area is 129 Å². The average Bonchev–Trinajstić information content (AvgIpc) is 2.80. The largest absolute Gasteiger partial charge is 0.462 e. The predicted molar refractivity (Wildman–Crippen MR) is 83.8 cm³/mol. The minimum absolute atomic E-state index is 0.0310. The zero-order chi connectivity index (χ0) is 15.4. The summed E-state index contributed by atoms with van der Waals surface area (Å²) in [6.07, 6.45) is 0.828. The lowest BCUT2D eigenvalue weighted by atomic mass is 9.88. The molecule has 21 heavy (non-hydrogen) atoms. The zero-order valence-electron chi connectivity index (χ0n) is 12.7. The van der Waals surface area contributed by atoms with Gasteiger partial charge < -0.3 is 15.4 Å². The fourth-order valence-corrected chi connectivity index (χ4v) is 3.16. The van der Waals surface area contributed by atoms with Crippen LogP contribution in [0, 0.1) is 11.8 Å². The Balaban J connectivity index is 2.12. The molecule has 1 saturated heterocycles. The van der Waals surface area contributed by atoms with E-state index < -0.39 is 0 Å². The normalized spacial score (nSPS) is 16.1. The van der Waals surface area contributed by atoms with E-state index in [1.54, 1.807) is 6.92 Å². The lowest BCUT2D eigenvalue weighted by Gasteiger charge is -2.31. The lowest BCUT2D eigenvalue weighted by molar-refractivity contribution is -0.121. The van der Waals surface area contributed by atoms with Gasteiger partial charge in [0.25, 0.3) is 0 Å². The summed E-state index contributed by atoms with van der Waals surface area (Å²) in [5.74, 6) is -0.0895. The fourth-order valence-electron chi connectivity index (χ4n) is 2.17. The molecule has 0 aromatic carbocycles. The topological polar surface area (TPSA) is 67.4 Å². The molecule has 2 heterocycles. The third kappa shape index (κ3) is 3.63. The van der Waals surface area contributed by atoms with E-state index in [4.69, 9.17) is 4.74 Å². The summed E-state index contributed by atoms with van der Waals surface area (Å²) in [4.78, 5) is 25.3. The molecule has 2 N–H and O–H groups in total. The average molecular weight is 310 g/mol. The number of hydrogen-bond donors (Lipinski definition) is 2. The summed E-state index contributed by atoms with van der Waals surface area (Å²) in [5, 5.41) is 6.68. The molecule has 2 rings (SSSR count). The van der Waals surface area contributed by atoms with Crippen LogP contribution in [0.1, 0.15) is 36.0 Å². The van der Waals surface area contributed by atoms with Gasteiger partial charge in [-0.25, -0.2) is 4.79 Å². The first-order valence-corrected chi connectivity index (χ1v) is 8.19. The first-order chi connectivity index (χ1) is 10.1. The summed E-state index contributed by atoms with van der Waals surface area (Å²) < 4.78 is 5.05. The molecule has 116 valence electrons. The fraction of sp³-hybridized carbons (Fsp3) is 0.600. The van der Waals surface area contributed by atoms with Gasteiger partial charge in [0.05, 0.1) is 12.2 Å². The van der Waals surface area contributed by atoms with Gasteiger partial charge in [-0.2, -0.15) is 0 Å². The molecule has 1 unspecified atom stereocenters. The zero-order valence-corrected chi connectivity index (χ0v) is 13.5. The van der Waals surface area contributed by atoms with Crippen LogP contribution < -0.4 is 10.6 Å². The number of ether oxygens (including phenoxy) is 1. The van der Waals surface area contributed by atoms with Crippen molar-refractivity contribution in [2.24, 2.45) is 11.8 Å². The number of thiophene rings is 1. The molecule has 0 radical (unpaired) electrons. The van der Waals surface area contributed by atoms with Crippen molar-refractivity contribution in [1.29, 1.82) is 0 Å². The molecule has 6 heteroatoms. The van der Waals surface area contributed by atoms with Crippen LogP contribution in [-0.4, -0.2) is 31.6 Å². The number of esters is 1. The highest BCUT2D eigenvalue weighted by Gasteiger charge is 2.30. The molecule has 1 amide bonds. The second kappa shape index (κ2) is 7.04. The number of rotatable bonds is 6. The van der Waals surface area contributed by atoms with Crippen molar-refractivity contribution in [3.05, 3.63) is 16.5 Å². The minimum Gasteiger partial charge on any atom is -0.462 e. The number of anilines is 1. The lowest BCUT2D eigenvalue weighted by Crippen LogP contribution is -2.48. The van der Waals surface area contributed by atoms with Gasteiger partial charge in [-0.05, 0) is 38.4 Å². The standard InChI is InChI=1S/C15H22N2O3S/c1-4-11-6-12(15(19)20-5-2)14(21-11)17-13(18)9(3)10-7-16-8-10/h6,9-10,16H,4-5,7-8H2,1-3H3,(H,17,18). The van der Waals surface area contributed by atoms with Crippen LogP contribution in [0.25, 0.3) is 0 Å². The maximum Gasteiger partial charge on any atom is 0.341 e. The van der Waals surface area contributed by atoms with Gasteiger partial charge in [-0.15, -0.1) is 11.3 Å². The van der Waals surface area contributed by atoms with Crippen LogP contribution in [0.2, 0.25) is 0 Å². The van der Waals surface area contributed by atoms with Crippen LogP contribution in [0.4, 0.5) is 5.00 Å². The number of amides is 1. The van der Waals surface area contributed by atoms with E-state index in [0.29, 0.717) is 23.1 Å². The Morgan fingerprint density at radius 2 is 2.19 bits per heavy atom. The number of nitrogens with one attached hydrogen (secondary N) is 2. The summed E-state index contributed by atoms with van der Waals surface area (Å²) in [6, 6.07) is 1.81. The van der Waals surface area contributed by atoms with E-state index in [1.807, 2.05) is 19.9 Å². The van der Waals surface area contributed by atoms with Crippen molar-refractivity contribution in [1.82, 2.24) is 5.32 Å². The molecule has 0 bridgehead atoms. The van der Waals surface area contributed by atoms with Crippen molar-refractivity contribution < 1.29 is 14.3 Å². The Morgan fingerprint density at radius 1 is 1.48 bits per heavy atom. The molecule has 1 fully saturated rings. The van der Waals surface area contributed by atoms with Crippen molar-refractivity contribution >= 4 is 28.2 Å². The second-order valence-electron chi connectivity index (χ2n) is 5.23. The van der Waals surface area contributed by atoms with Crippen molar-refractivity contribution in [2.45, 2.75) is 27.2 Å². The predicted octanol–water partition coefficient (Wildman–Crippen LogP) is 2.28. The van der Waals surface area contributed by atoms with E-state index in [1.165, 1.54) is 11.3 Å². The SMILES string of the molecule is CCOC(=O)c1cc(CC)sc1NC(=O)C(C)C1CNC1. The van der Waals surface area contributed by atoms with Gasteiger partial charge in [0.2, 0.25) is 5.91 Å². The summed E-state index contributed by atoms with van der Waals surface area (Å²) >= 11 is 1.45. The van der Waals surface area contributed by atoms with Crippen LogP contribution in [0.3, 0.4) is 0 Å². The van der Waals surface area contributed by atoms with Crippen molar-refractivity contribution in [3.8, 4) is 0 Å². The molecule has 5 nitrogen and oxygen atoms in total. The monoisotopic (exact) mass is 310 g/mol. The second-order valence-corrected chi connectivity index (χ2v) is 6.36. The van der Waals surface area contributed by atoms with E-state index in [2.05, 4.69) is 10.6 Å². The van der Waals surface area contributed by atoms with Crippen molar-refractivity contribution in [3.63, 3.8) is 0 Å². The van der Waals surface area contributed by atoms with E-state index in [9.17, 15) is 9.59 Å². The molecule has 1 aliphatic rings. The van der Waals surface area contributed by atoms with Crippen LogP contribution in [0.15, 0.2) is 6.07 Å². The number of carbonyl (C=O) groups is 2. The first kappa shape index (κ1) is 16.0. The Morgan fingerprint density at radius 3 is 2.71 bits per heavy atom. The molecular formula is C15H22N2O3S.